The van der Waals surface area contributed by atoms with Crippen LogP contribution in [0, 0.1) is 0 Å². The summed E-state index contributed by atoms with van der Waals surface area (Å²) in [5.41, 5.74) is 12.1. The van der Waals surface area contributed by atoms with Crippen LogP contribution in [0.1, 0.15) is 6.92 Å². The zero-order valence-electron chi connectivity index (χ0n) is 8.49. The molecule has 1 aromatic rings. The molecule has 0 fully saturated rings. The summed E-state index contributed by atoms with van der Waals surface area (Å²) in [6.07, 6.45) is 0. The average Bonchev–Trinajstić information content (AvgIpc) is 2.00. The zero-order chi connectivity index (χ0) is 10.7. The Bertz CT molecular complexity index is 327. The predicted octanol–water partition coefficient (Wildman–Crippen LogP) is 0.653. The van der Waals surface area contributed by atoms with Gasteiger partial charge in [0.15, 0.2) is 0 Å². The molecule has 5 nitrogen and oxygen atoms in total. The number of nitrogens with zero attached hydrogens (tertiary/aromatic N) is 3. The van der Waals surface area contributed by atoms with Gasteiger partial charge in [-0.3, -0.25) is 0 Å². The van der Waals surface area contributed by atoms with E-state index < -0.39 is 0 Å². The van der Waals surface area contributed by atoms with Gasteiger partial charge in [-0.05, 0) is 6.92 Å². The summed E-state index contributed by atoms with van der Waals surface area (Å²) in [4.78, 5) is 9.76. The van der Waals surface area contributed by atoms with E-state index in [2.05, 4.69) is 16.5 Å². The van der Waals surface area contributed by atoms with Gasteiger partial charge in [-0.2, -0.15) is 9.97 Å². The fraction of sp³-hybridized carbons (Fsp3) is 0.333. The monoisotopic (exact) mass is 193 g/mol. The minimum absolute atomic E-state index is 0.188. The molecule has 0 aliphatic heterocycles. The lowest BCUT2D eigenvalue weighted by Gasteiger charge is -2.18. The molecular weight excluding hydrogens is 178 g/mol. The molecule has 1 rings (SSSR count). The van der Waals surface area contributed by atoms with Gasteiger partial charge in [0, 0.05) is 19.7 Å². The quantitative estimate of drug-likeness (QED) is 0.689. The Labute approximate surface area is 83.4 Å². The Kier molecular flexibility index (Phi) is 2.91. The lowest BCUT2D eigenvalue weighted by molar-refractivity contribution is 0.949. The maximum absolute atomic E-state index is 5.55. The standard InChI is InChI=1S/C9H15N5/c1-6(2)5-14(3)8-4-7(10)12-9(11)13-8/h4H,1,5H2,2-3H3,(H4,10,11,12,13). The first kappa shape index (κ1) is 10.3. The Balaban J connectivity index is 2.89. The second kappa shape index (κ2) is 3.95. The number of nitrogen functional groups attached to an aromatic ring is 2. The van der Waals surface area contributed by atoms with Crippen molar-refractivity contribution in [3.05, 3.63) is 18.2 Å². The van der Waals surface area contributed by atoms with E-state index in [1.807, 2.05) is 18.9 Å². The van der Waals surface area contributed by atoms with Crippen LogP contribution in [0.4, 0.5) is 17.6 Å². The zero-order valence-corrected chi connectivity index (χ0v) is 8.49. The lowest BCUT2D eigenvalue weighted by Crippen LogP contribution is -2.21. The van der Waals surface area contributed by atoms with E-state index in [4.69, 9.17) is 11.5 Å². The van der Waals surface area contributed by atoms with Gasteiger partial charge in [0.1, 0.15) is 11.6 Å². The largest absolute Gasteiger partial charge is 0.383 e. The molecule has 0 aliphatic carbocycles. The number of likely N-dealkylation sites (N-methyl/N-ethyl adjacent to an activating group) is 1. The van der Waals surface area contributed by atoms with Gasteiger partial charge in [-0.25, -0.2) is 0 Å². The van der Waals surface area contributed by atoms with E-state index in [9.17, 15) is 0 Å². The second-order valence-corrected chi connectivity index (χ2v) is 3.32. The first-order chi connectivity index (χ1) is 6.49. The van der Waals surface area contributed by atoms with Gasteiger partial charge in [-0.15, -0.1) is 0 Å². The molecule has 5 heteroatoms. The SMILES string of the molecule is C=C(C)CN(C)c1cc(N)nc(N)n1. The second-order valence-electron chi connectivity index (χ2n) is 3.32. The number of hydrogen-bond acceptors (Lipinski definition) is 5. The number of anilines is 3. The van der Waals surface area contributed by atoms with E-state index >= 15 is 0 Å². The highest BCUT2D eigenvalue weighted by atomic mass is 15.2. The van der Waals surface area contributed by atoms with E-state index in [1.165, 1.54) is 0 Å². The van der Waals surface area contributed by atoms with Crippen molar-refractivity contribution in [1.82, 2.24) is 9.97 Å². The van der Waals surface area contributed by atoms with Gasteiger partial charge in [0.05, 0.1) is 0 Å². The third-order valence-corrected chi connectivity index (χ3v) is 1.65. The van der Waals surface area contributed by atoms with Crippen LogP contribution in [0.2, 0.25) is 0 Å². The highest BCUT2D eigenvalue weighted by Gasteiger charge is 2.04. The summed E-state index contributed by atoms with van der Waals surface area (Å²) in [5, 5.41) is 0. The molecule has 0 radical (unpaired) electrons. The molecule has 0 aliphatic rings. The predicted molar refractivity (Wildman–Crippen MR) is 58.9 cm³/mol. The molecule has 1 heterocycles. The van der Waals surface area contributed by atoms with Crippen molar-refractivity contribution in [2.75, 3.05) is 30.0 Å². The molecule has 0 amide bonds. The third-order valence-electron chi connectivity index (χ3n) is 1.65. The van der Waals surface area contributed by atoms with Gasteiger partial charge >= 0.3 is 0 Å². The van der Waals surface area contributed by atoms with Crippen LogP contribution in [-0.2, 0) is 0 Å². The normalized spacial score (nSPS) is 9.86. The summed E-state index contributed by atoms with van der Waals surface area (Å²) in [6, 6.07) is 1.68. The van der Waals surface area contributed by atoms with Gasteiger partial charge in [0.25, 0.3) is 0 Å². The van der Waals surface area contributed by atoms with Gasteiger partial charge in [-0.1, -0.05) is 12.2 Å². The average molecular weight is 193 g/mol. The highest BCUT2D eigenvalue weighted by Crippen LogP contribution is 2.13. The maximum Gasteiger partial charge on any atom is 0.223 e. The minimum atomic E-state index is 0.188. The van der Waals surface area contributed by atoms with Crippen LogP contribution in [0.5, 0.6) is 0 Å². The molecule has 0 unspecified atom stereocenters. The molecule has 0 bridgehead atoms. The lowest BCUT2D eigenvalue weighted by atomic mass is 10.3. The highest BCUT2D eigenvalue weighted by molar-refractivity contribution is 5.50. The molecule has 14 heavy (non-hydrogen) atoms. The number of aromatic nitrogens is 2. The number of hydrogen-bond donors (Lipinski definition) is 2. The summed E-state index contributed by atoms with van der Waals surface area (Å²) in [7, 11) is 1.90. The molecule has 0 spiro atoms. The van der Waals surface area contributed by atoms with E-state index in [0.29, 0.717) is 11.6 Å². The summed E-state index contributed by atoms with van der Waals surface area (Å²) < 4.78 is 0. The van der Waals surface area contributed by atoms with Crippen molar-refractivity contribution < 1.29 is 0 Å². The molecule has 4 N–H and O–H groups in total. The molecule has 0 aromatic carbocycles. The van der Waals surface area contributed by atoms with Crippen molar-refractivity contribution in [2.24, 2.45) is 0 Å². The smallest absolute Gasteiger partial charge is 0.223 e. The molecule has 0 saturated carbocycles. The molecule has 0 atom stereocenters. The topological polar surface area (TPSA) is 81.1 Å². The Hall–Kier alpha value is -1.78. The molecular formula is C9H15N5. The summed E-state index contributed by atoms with van der Waals surface area (Å²) in [6.45, 7) is 6.48. The fourth-order valence-corrected chi connectivity index (χ4v) is 1.15. The molecule has 1 aromatic heterocycles. The Morgan fingerprint density at radius 2 is 2.14 bits per heavy atom. The van der Waals surface area contributed by atoms with Crippen molar-refractivity contribution >= 4 is 17.6 Å². The van der Waals surface area contributed by atoms with Crippen molar-refractivity contribution in [2.45, 2.75) is 6.92 Å². The van der Waals surface area contributed by atoms with Crippen LogP contribution < -0.4 is 16.4 Å². The number of rotatable bonds is 3. The van der Waals surface area contributed by atoms with Gasteiger partial charge < -0.3 is 16.4 Å². The van der Waals surface area contributed by atoms with Crippen LogP contribution in [-0.4, -0.2) is 23.6 Å². The van der Waals surface area contributed by atoms with E-state index in [0.717, 1.165) is 12.1 Å². The van der Waals surface area contributed by atoms with Crippen LogP contribution in [0.15, 0.2) is 18.2 Å². The van der Waals surface area contributed by atoms with Gasteiger partial charge in [0.2, 0.25) is 5.95 Å². The summed E-state index contributed by atoms with van der Waals surface area (Å²) >= 11 is 0. The van der Waals surface area contributed by atoms with Crippen molar-refractivity contribution in [1.29, 1.82) is 0 Å². The van der Waals surface area contributed by atoms with E-state index in [1.54, 1.807) is 6.07 Å². The van der Waals surface area contributed by atoms with Crippen LogP contribution in [0.3, 0.4) is 0 Å². The van der Waals surface area contributed by atoms with Crippen molar-refractivity contribution in [3.8, 4) is 0 Å². The molecule has 0 saturated heterocycles. The number of nitrogens with two attached hydrogens (primary N) is 2. The first-order valence-corrected chi connectivity index (χ1v) is 4.24. The molecule has 76 valence electrons. The first-order valence-electron chi connectivity index (χ1n) is 4.24. The van der Waals surface area contributed by atoms with Crippen LogP contribution >= 0.6 is 0 Å². The Morgan fingerprint density at radius 1 is 1.50 bits per heavy atom. The van der Waals surface area contributed by atoms with Crippen LogP contribution in [0.25, 0.3) is 0 Å². The maximum atomic E-state index is 5.55. The fourth-order valence-electron chi connectivity index (χ4n) is 1.15. The van der Waals surface area contributed by atoms with E-state index in [-0.39, 0.29) is 5.95 Å². The minimum Gasteiger partial charge on any atom is -0.383 e. The third kappa shape index (κ3) is 2.62. The summed E-state index contributed by atoms with van der Waals surface area (Å²) in [5.74, 6) is 1.27. The Morgan fingerprint density at radius 3 is 2.64 bits per heavy atom. The van der Waals surface area contributed by atoms with Crippen molar-refractivity contribution in [3.63, 3.8) is 0 Å².